The molecule has 0 radical (unpaired) electrons. The summed E-state index contributed by atoms with van der Waals surface area (Å²) < 4.78 is 546. The smallest absolute Gasteiger partial charge is 0.330 e. The number of alkyl halides is 44. The highest BCUT2D eigenvalue weighted by molar-refractivity contribution is 9.09. The predicted molar refractivity (Wildman–Crippen MR) is 323 cm³/mol. The predicted octanol–water partition coefficient (Wildman–Crippen LogP) is 23.0. The zero-order valence-electron chi connectivity index (χ0n) is 55.9. The van der Waals surface area contributed by atoms with Crippen molar-refractivity contribution < 1.29 is 192 Å². The van der Waals surface area contributed by atoms with Gasteiger partial charge in [0.25, 0.3) is 22.7 Å². The molecule has 0 fully saturated rings. The number of thiocyanates is 1. The van der Waals surface area contributed by atoms with Crippen LogP contribution in [0.1, 0.15) is 110 Å². The van der Waals surface area contributed by atoms with Crippen LogP contribution in [-0.4, -0.2) is 205 Å². The minimum absolute atomic E-state index is 0.0566. The number of rotatable bonds is 31. The van der Waals surface area contributed by atoms with Gasteiger partial charge in [0.15, 0.2) is 4.30 Å². The van der Waals surface area contributed by atoms with Crippen LogP contribution in [-0.2, 0) is 19.1 Å². The first-order valence-electron chi connectivity index (χ1n) is 29.2. The van der Waals surface area contributed by atoms with Gasteiger partial charge >= 0.3 is 74.1 Å². The van der Waals surface area contributed by atoms with Crippen LogP contribution < -0.4 is 10.5 Å². The summed E-state index contributed by atoms with van der Waals surface area (Å²) in [5.74, 6) is -15.1. The lowest BCUT2D eigenvalue weighted by Gasteiger charge is -2.33. The van der Waals surface area contributed by atoms with Crippen molar-refractivity contribution in [1.29, 1.82) is 5.26 Å². The van der Waals surface area contributed by atoms with E-state index in [0.29, 0.717) is 24.7 Å². The first kappa shape index (κ1) is 120. The van der Waals surface area contributed by atoms with Crippen LogP contribution in [0.2, 0.25) is 0 Å². The molecule has 0 rings (SSSR count). The van der Waals surface area contributed by atoms with E-state index in [1.54, 1.807) is 19.0 Å². The van der Waals surface area contributed by atoms with Gasteiger partial charge in [-0.15, -0.1) is 0 Å². The lowest BCUT2D eigenvalue weighted by Crippen LogP contribution is -2.55. The molecule has 108 heavy (non-hydrogen) atoms. The summed E-state index contributed by atoms with van der Waals surface area (Å²) in [6.45, 7) is 6.60. The molecule has 0 aliphatic rings. The molecule has 57 heteroatoms. The first-order chi connectivity index (χ1) is 47.3. The quantitative estimate of drug-likeness (QED) is 0.0229. The van der Waals surface area contributed by atoms with Crippen LogP contribution in [0.4, 0.5) is 176 Å². The second-order valence-corrected chi connectivity index (χ2v) is 31.1. The normalized spacial score (nSPS) is 15.1. The van der Waals surface area contributed by atoms with Gasteiger partial charge in [-0.25, -0.2) is 39.1 Å². The molecule has 0 aromatic heterocycles. The van der Waals surface area contributed by atoms with Crippen LogP contribution in [0, 0.1) is 34.3 Å². The number of hydrogen-bond donors (Lipinski definition) is 2. The van der Waals surface area contributed by atoms with Crippen molar-refractivity contribution in [3.8, 4) is 5.40 Å². The number of hydrogen-bond acceptors (Lipinski definition) is 9. The van der Waals surface area contributed by atoms with Crippen LogP contribution >= 0.6 is 73.2 Å². The largest absolute Gasteiger partial charge is 0.431 e. The van der Waals surface area contributed by atoms with E-state index in [0.717, 1.165) is 19.5 Å². The number of nitrogens with one attached hydrogen (secondary N) is 1. The number of nitrogens with zero attached hydrogens (tertiary/aromatic N) is 3. The Bertz CT molecular complexity index is 2610. The SMILES string of the molecule is CCC.CN(C)CCCN.CN(C)CCCNS(=O)(=O)CCCC(CC(F)(C(F)(F)F)C(F)(F)F)C(F)(F)F.ClC(Cl)Cl.FC(F)(F)C(CCCBr)CC(F)(C(F)(F)F)C(F)(F)F.N#CSCCCC(CC(F)(C(F)(F)F)C(F)(F)F)C(F)(F)F.O=S(=O)(Cl)CCCC(CC(F)(C(F)(F)F)C(F)(F)F)C(F)(F)F. The Hall–Kier alpha value is -1.58. The van der Waals surface area contributed by atoms with E-state index in [2.05, 4.69) is 64.2 Å². The molecule has 0 amide bonds. The second-order valence-electron chi connectivity index (χ2n) is 22.7. The molecule has 0 aromatic rings. The average molecular weight is 1900 g/mol. The van der Waals surface area contributed by atoms with E-state index in [9.17, 15) is 192 Å². The van der Waals surface area contributed by atoms with E-state index in [1.807, 2.05) is 0 Å². The van der Waals surface area contributed by atoms with E-state index < -0.39 is 226 Å². The highest BCUT2D eigenvalue weighted by Gasteiger charge is 2.77. The fourth-order valence-electron chi connectivity index (χ4n) is 7.35. The van der Waals surface area contributed by atoms with E-state index >= 15 is 0 Å². The molecular weight excluding hydrogens is 1820 g/mol. The molecule has 3 N–H and O–H groups in total. The Kier molecular flexibility index (Phi) is 54.1. The summed E-state index contributed by atoms with van der Waals surface area (Å²) in [7, 11) is 3.79. The fraction of sp³-hybridized carbons (Fsp3) is 0.980. The van der Waals surface area contributed by atoms with Crippen molar-refractivity contribution in [1.82, 2.24) is 14.5 Å². The van der Waals surface area contributed by atoms with Gasteiger partial charge in [0.05, 0.1) is 35.2 Å². The van der Waals surface area contributed by atoms with Crippen LogP contribution in [0.15, 0.2) is 0 Å². The Morgan fingerprint density at radius 2 is 0.639 bits per heavy atom. The van der Waals surface area contributed by atoms with Crippen LogP contribution in [0.5, 0.6) is 0 Å². The zero-order chi connectivity index (χ0) is 88.4. The van der Waals surface area contributed by atoms with Gasteiger partial charge in [-0.3, -0.25) is 0 Å². The molecule has 0 spiro atoms. The van der Waals surface area contributed by atoms with Crippen molar-refractivity contribution >= 4 is 92.3 Å². The number of nitrogens with two attached hydrogens (primary N) is 1. The summed E-state index contributed by atoms with van der Waals surface area (Å²) in [5.41, 5.74) is -18.7. The Morgan fingerprint density at radius 3 is 0.824 bits per heavy atom. The van der Waals surface area contributed by atoms with Gasteiger partial charge in [-0.05, 0) is 124 Å². The zero-order valence-corrected chi connectivity index (χ0v) is 63.0. The molecule has 0 aliphatic heterocycles. The van der Waals surface area contributed by atoms with Crippen molar-refractivity contribution in [2.45, 2.75) is 211 Å². The van der Waals surface area contributed by atoms with Crippen molar-refractivity contribution in [3.05, 3.63) is 0 Å². The highest BCUT2D eigenvalue weighted by Crippen LogP contribution is 2.57. The van der Waals surface area contributed by atoms with E-state index in [1.165, 1.54) is 11.8 Å². The lowest BCUT2D eigenvalue weighted by molar-refractivity contribution is -0.353. The third-order valence-electron chi connectivity index (χ3n) is 12.9. The fourth-order valence-corrected chi connectivity index (χ4v) is 10.1. The number of sulfonamides is 1. The Balaban J connectivity index is -0.000000238. The maximum Gasteiger partial charge on any atom is 0.431 e. The molecule has 4 unspecified atom stereocenters. The van der Waals surface area contributed by atoms with Gasteiger partial charge in [0, 0.05) is 54.0 Å². The molecule has 0 bridgehead atoms. The molecule has 0 heterocycles. The number of nitriles is 1. The van der Waals surface area contributed by atoms with Crippen molar-refractivity contribution in [2.24, 2.45) is 29.4 Å². The number of thioether (sulfide) groups is 1. The summed E-state index contributed by atoms with van der Waals surface area (Å²) in [6, 6.07) is 0. The van der Waals surface area contributed by atoms with Crippen LogP contribution in [0.3, 0.4) is 0 Å². The first-order valence-corrected chi connectivity index (χ1v) is 36.8. The summed E-state index contributed by atoms with van der Waals surface area (Å²) in [5, 5.41) is 9.54. The van der Waals surface area contributed by atoms with E-state index in [4.69, 9.17) is 45.8 Å². The summed E-state index contributed by atoms with van der Waals surface area (Å²) in [6.07, 6.45) is -90.8. The summed E-state index contributed by atoms with van der Waals surface area (Å²) in [4.78, 5) is 3.86. The molecule has 9 nitrogen and oxygen atoms in total. The van der Waals surface area contributed by atoms with Crippen molar-refractivity contribution in [3.63, 3.8) is 0 Å². The molecule has 0 aromatic carbocycles. The monoisotopic (exact) mass is 1890 g/mol. The van der Waals surface area contributed by atoms with Gasteiger partial charge in [0.1, 0.15) is 5.40 Å². The lowest BCUT2D eigenvalue weighted by atomic mass is 9.87. The van der Waals surface area contributed by atoms with Gasteiger partial charge in [-0.2, -0.15) is 163 Å². The topological polar surface area (TPSA) is 137 Å². The minimum atomic E-state index is -6.62. The molecule has 4 atom stereocenters. The standard InChI is InChI=1S/C14H22F10N2O2S.C10H9F10NS.C9H9BrF10.C9H9ClF10O2S.C5H14N2.C3H8.CHCl3/c1-26(2)7-4-6-25-29(27,28)8-3-5-10(12(16,17)18)9-11(15,13(19,20)21)14(22,23)24;11-7(9(15,16)17,10(18,19)20)4-6(8(12,13)14)2-1-3-22-5-21;10-3-1-2-5(7(12,13)14)4-6(11,8(15,16)17)9(18,19)20;10-23(21,22)3-1-2-5(7(12,13)14)4-6(11,8(15,16)17)9(18,19)20;1-7(2)5-3-4-6;1-3-2;2-1(3)4/h10,25H,3-9H2,1-2H3;6H,1-4H2;5H,1-4H2;5H,1-4H2;3-6H2,1-2H3;3H2,1-2H3;1H. The second kappa shape index (κ2) is 48.8. The Morgan fingerprint density at radius 1 is 0.417 bits per heavy atom. The molecule has 658 valence electrons. The van der Waals surface area contributed by atoms with Gasteiger partial charge in [0.2, 0.25) is 19.1 Å². The maximum atomic E-state index is 13.6. The highest BCUT2D eigenvalue weighted by atomic mass is 79.9. The molecule has 0 saturated carbocycles. The molecular formula is C51H72BrCl4F40N5O4S3. The molecule has 0 saturated heterocycles. The third-order valence-corrected chi connectivity index (χ3v) is 16.8. The van der Waals surface area contributed by atoms with E-state index in [-0.39, 0.29) is 24.0 Å². The van der Waals surface area contributed by atoms with Gasteiger partial charge < -0.3 is 15.5 Å². The molecule has 0 aliphatic carbocycles. The minimum Gasteiger partial charge on any atom is -0.330 e. The average Bonchev–Trinajstić information content (AvgIpc) is 0.785. The maximum absolute atomic E-state index is 13.6. The van der Waals surface area contributed by atoms with Crippen molar-refractivity contribution in [2.75, 3.05) is 77.0 Å². The third kappa shape index (κ3) is 49.4. The number of halogens is 45. The summed E-state index contributed by atoms with van der Waals surface area (Å²) >= 11 is 17.6. The Labute approximate surface area is 625 Å². The van der Waals surface area contributed by atoms with Crippen LogP contribution in [0.25, 0.3) is 0 Å². The van der Waals surface area contributed by atoms with Gasteiger partial charge in [-0.1, -0.05) is 71.0 Å².